The van der Waals surface area contributed by atoms with Crippen LogP contribution in [0.5, 0.6) is 0 Å². The maximum atomic E-state index is 13.9. The predicted octanol–water partition coefficient (Wildman–Crippen LogP) is 4.08. The lowest BCUT2D eigenvalue weighted by Crippen LogP contribution is -2.13. The van der Waals surface area contributed by atoms with Gasteiger partial charge in [-0.3, -0.25) is 14.9 Å². The Bertz CT molecular complexity index is 1180. The molecule has 2 heterocycles. The summed E-state index contributed by atoms with van der Waals surface area (Å²) in [6, 6.07) is 13.8. The molecule has 6 nitrogen and oxygen atoms in total. The molecule has 2 aromatic carbocycles. The Morgan fingerprint density at radius 2 is 1.93 bits per heavy atom. The van der Waals surface area contributed by atoms with Crippen LogP contribution >= 0.6 is 0 Å². The summed E-state index contributed by atoms with van der Waals surface area (Å²) in [6.45, 7) is 0.783. The monoisotopic (exact) mass is 389 g/mol. The number of fused-ring (bicyclic) bond motifs is 1. The van der Waals surface area contributed by atoms with Crippen LogP contribution in [0.15, 0.2) is 60.9 Å². The summed E-state index contributed by atoms with van der Waals surface area (Å²) in [6.07, 6.45) is 3.63. The van der Waals surface area contributed by atoms with Crippen LogP contribution in [0, 0.1) is 5.82 Å². The van der Waals surface area contributed by atoms with Crippen molar-refractivity contribution in [3.05, 3.63) is 78.0 Å². The number of aromatic nitrogens is 3. The zero-order valence-corrected chi connectivity index (χ0v) is 16.1. The number of nitrogens with zero attached hydrogens (tertiary/aromatic N) is 3. The summed E-state index contributed by atoms with van der Waals surface area (Å²) in [5.74, 6) is -0.969. The van der Waals surface area contributed by atoms with E-state index in [9.17, 15) is 9.18 Å². The normalized spacial score (nSPS) is 11.2. The van der Waals surface area contributed by atoms with Gasteiger partial charge in [-0.2, -0.15) is 5.10 Å². The molecule has 29 heavy (non-hydrogen) atoms. The van der Waals surface area contributed by atoms with Gasteiger partial charge in [0.1, 0.15) is 5.82 Å². The Kier molecular flexibility index (Phi) is 5.05. The van der Waals surface area contributed by atoms with E-state index in [-0.39, 0.29) is 11.4 Å². The molecule has 4 rings (SSSR count). The van der Waals surface area contributed by atoms with Crippen molar-refractivity contribution in [2.75, 3.05) is 19.4 Å². The molecule has 0 radical (unpaired) electrons. The van der Waals surface area contributed by atoms with E-state index in [1.165, 1.54) is 12.1 Å². The highest BCUT2D eigenvalue weighted by atomic mass is 19.1. The van der Waals surface area contributed by atoms with Crippen LogP contribution in [-0.2, 0) is 6.54 Å². The Morgan fingerprint density at radius 3 is 2.72 bits per heavy atom. The molecule has 0 aliphatic heterocycles. The summed E-state index contributed by atoms with van der Waals surface area (Å²) in [4.78, 5) is 19.1. The second-order valence-corrected chi connectivity index (χ2v) is 7.09. The maximum Gasteiger partial charge on any atom is 0.276 e. The lowest BCUT2D eigenvalue weighted by atomic mass is 10.0. The van der Waals surface area contributed by atoms with E-state index in [2.05, 4.69) is 31.5 Å². The Hall–Kier alpha value is -3.58. The number of anilines is 1. The van der Waals surface area contributed by atoms with E-state index >= 15 is 0 Å². The number of aromatic amines is 1. The molecule has 0 spiro atoms. The van der Waals surface area contributed by atoms with E-state index in [0.29, 0.717) is 5.39 Å². The zero-order chi connectivity index (χ0) is 20.4. The molecular weight excluding hydrogens is 369 g/mol. The van der Waals surface area contributed by atoms with Crippen molar-refractivity contribution in [3.63, 3.8) is 0 Å². The first kappa shape index (κ1) is 18.8. The van der Waals surface area contributed by atoms with E-state index in [0.717, 1.165) is 28.8 Å². The van der Waals surface area contributed by atoms with Gasteiger partial charge in [-0.15, -0.1) is 0 Å². The fourth-order valence-corrected chi connectivity index (χ4v) is 3.21. The minimum Gasteiger partial charge on any atom is -0.318 e. The van der Waals surface area contributed by atoms with Crippen molar-refractivity contribution in [2.24, 2.45) is 0 Å². The molecule has 0 fully saturated rings. The summed E-state index contributed by atoms with van der Waals surface area (Å²) in [7, 11) is 4.01. The number of halogens is 1. The largest absolute Gasteiger partial charge is 0.318 e. The fraction of sp³-hybridized carbons (Fsp3) is 0.136. The molecule has 0 unspecified atom stereocenters. The Morgan fingerprint density at radius 1 is 1.10 bits per heavy atom. The third-order valence-electron chi connectivity index (χ3n) is 4.53. The number of nitrogens with one attached hydrogen (secondary N) is 2. The molecule has 146 valence electrons. The molecule has 7 heteroatoms. The van der Waals surface area contributed by atoms with E-state index in [1.807, 2.05) is 38.5 Å². The van der Waals surface area contributed by atoms with Crippen molar-refractivity contribution in [2.45, 2.75) is 6.54 Å². The number of para-hydroxylation sites is 1. The maximum absolute atomic E-state index is 13.9. The van der Waals surface area contributed by atoms with Gasteiger partial charge in [0.25, 0.3) is 5.91 Å². The molecule has 1 amide bonds. The number of carbonyl (C=O) groups excluding carboxylic acids is 1. The molecule has 0 atom stereocenters. The highest BCUT2D eigenvalue weighted by Gasteiger charge is 2.16. The molecule has 4 aromatic rings. The van der Waals surface area contributed by atoms with Crippen molar-refractivity contribution in [3.8, 4) is 11.1 Å². The smallest absolute Gasteiger partial charge is 0.276 e. The van der Waals surface area contributed by atoms with Crippen LogP contribution in [0.25, 0.3) is 22.0 Å². The van der Waals surface area contributed by atoms with Gasteiger partial charge >= 0.3 is 0 Å². The second kappa shape index (κ2) is 7.81. The molecule has 0 saturated heterocycles. The number of hydrogen-bond donors (Lipinski definition) is 2. The summed E-state index contributed by atoms with van der Waals surface area (Å²) in [5.41, 5.74) is 4.02. The summed E-state index contributed by atoms with van der Waals surface area (Å²) in [5, 5.41) is 10.2. The number of amides is 1. The highest BCUT2D eigenvalue weighted by Crippen LogP contribution is 2.26. The molecule has 2 N–H and O–H groups in total. The molecule has 2 aromatic heterocycles. The van der Waals surface area contributed by atoms with Crippen LogP contribution in [0.4, 0.5) is 10.1 Å². The SMILES string of the molecule is CN(C)Cc1cncc(-c2ccc3[nH]nc(C(=O)Nc4ccccc4F)c3c2)c1. The minimum atomic E-state index is -0.495. The number of carbonyl (C=O) groups is 1. The minimum absolute atomic E-state index is 0.116. The Balaban J connectivity index is 1.68. The topological polar surface area (TPSA) is 73.9 Å². The van der Waals surface area contributed by atoms with E-state index < -0.39 is 11.7 Å². The predicted molar refractivity (Wildman–Crippen MR) is 111 cm³/mol. The van der Waals surface area contributed by atoms with Gasteiger partial charge in [-0.25, -0.2) is 4.39 Å². The first-order chi connectivity index (χ1) is 14.0. The fourth-order valence-electron chi connectivity index (χ4n) is 3.21. The zero-order valence-electron chi connectivity index (χ0n) is 16.1. The second-order valence-electron chi connectivity index (χ2n) is 7.09. The average Bonchev–Trinajstić information content (AvgIpc) is 3.13. The number of H-pyrrole nitrogens is 1. The van der Waals surface area contributed by atoms with Gasteiger partial charge in [0.05, 0.1) is 11.2 Å². The van der Waals surface area contributed by atoms with Crippen LogP contribution < -0.4 is 5.32 Å². The lowest BCUT2D eigenvalue weighted by Gasteiger charge is -2.10. The summed E-state index contributed by atoms with van der Waals surface area (Å²) >= 11 is 0. The van der Waals surface area contributed by atoms with E-state index in [4.69, 9.17) is 0 Å². The molecular formula is C22H20FN5O. The number of rotatable bonds is 5. The van der Waals surface area contributed by atoms with Gasteiger partial charge in [0.2, 0.25) is 0 Å². The molecule has 0 aliphatic rings. The number of benzene rings is 2. The third-order valence-corrected chi connectivity index (χ3v) is 4.53. The van der Waals surface area contributed by atoms with Gasteiger partial charge in [0.15, 0.2) is 5.69 Å². The van der Waals surface area contributed by atoms with Crippen molar-refractivity contribution in [1.29, 1.82) is 0 Å². The standard InChI is InChI=1S/C22H20FN5O/c1-28(2)13-14-9-16(12-24-11-14)15-7-8-19-17(10-15)21(27-26-19)22(29)25-20-6-4-3-5-18(20)23/h3-12H,13H2,1-2H3,(H,25,29)(H,26,27). The van der Waals surface area contributed by atoms with Gasteiger partial charge in [0, 0.05) is 29.9 Å². The molecule has 0 bridgehead atoms. The van der Waals surface area contributed by atoms with Crippen LogP contribution in [0.3, 0.4) is 0 Å². The number of hydrogen-bond acceptors (Lipinski definition) is 4. The molecule has 0 aliphatic carbocycles. The van der Waals surface area contributed by atoms with Gasteiger partial charge in [-0.1, -0.05) is 18.2 Å². The van der Waals surface area contributed by atoms with E-state index in [1.54, 1.807) is 18.3 Å². The van der Waals surface area contributed by atoms with Crippen molar-refractivity contribution >= 4 is 22.5 Å². The molecule has 0 saturated carbocycles. The van der Waals surface area contributed by atoms with Crippen molar-refractivity contribution in [1.82, 2.24) is 20.1 Å². The third kappa shape index (κ3) is 4.00. The highest BCUT2D eigenvalue weighted by molar-refractivity contribution is 6.11. The average molecular weight is 389 g/mol. The quantitative estimate of drug-likeness (QED) is 0.539. The van der Waals surface area contributed by atoms with Crippen LogP contribution in [-0.4, -0.2) is 40.1 Å². The lowest BCUT2D eigenvalue weighted by molar-refractivity contribution is 0.102. The van der Waals surface area contributed by atoms with Crippen LogP contribution in [0.1, 0.15) is 16.1 Å². The number of pyridine rings is 1. The first-order valence-electron chi connectivity index (χ1n) is 9.14. The Labute approximate surface area is 167 Å². The summed E-state index contributed by atoms with van der Waals surface area (Å²) < 4.78 is 13.9. The van der Waals surface area contributed by atoms with Crippen molar-refractivity contribution < 1.29 is 9.18 Å². The van der Waals surface area contributed by atoms with Gasteiger partial charge in [-0.05, 0) is 55.6 Å². The first-order valence-corrected chi connectivity index (χ1v) is 9.14. The van der Waals surface area contributed by atoms with Crippen LogP contribution in [0.2, 0.25) is 0 Å². The van der Waals surface area contributed by atoms with Gasteiger partial charge < -0.3 is 10.2 Å².